The maximum Gasteiger partial charge on any atom is 0.0890 e. The van der Waals surface area contributed by atoms with Crippen molar-refractivity contribution in [3.63, 3.8) is 0 Å². The Balaban J connectivity index is 0.000000146. The van der Waals surface area contributed by atoms with Crippen molar-refractivity contribution in [2.45, 2.75) is 34.6 Å². The number of aryl methyl sites for hydroxylation is 5. The first-order chi connectivity index (χ1) is 11.9. The van der Waals surface area contributed by atoms with Gasteiger partial charge in [-0.3, -0.25) is 9.97 Å². The third kappa shape index (κ3) is 4.00. The largest absolute Gasteiger partial charge is 0.253 e. The molecule has 4 aromatic rings. The van der Waals surface area contributed by atoms with Gasteiger partial charge in [-0.25, -0.2) is 4.98 Å². The van der Waals surface area contributed by atoms with E-state index in [9.17, 15) is 0 Å². The molecule has 0 amide bonds. The fourth-order valence-electron chi connectivity index (χ4n) is 2.89. The lowest BCUT2D eigenvalue weighted by Gasteiger charge is -2.03. The summed E-state index contributed by atoms with van der Waals surface area (Å²) in [5, 5.41) is 1.27. The van der Waals surface area contributed by atoms with E-state index in [4.69, 9.17) is 0 Å². The molecule has 0 aliphatic carbocycles. The van der Waals surface area contributed by atoms with Crippen molar-refractivity contribution < 1.29 is 0 Å². The summed E-state index contributed by atoms with van der Waals surface area (Å²) in [6.45, 7) is 10.3. The van der Waals surface area contributed by atoms with Crippen LogP contribution in [0.15, 0.2) is 48.7 Å². The molecule has 3 nitrogen and oxygen atoms in total. The first-order valence-electron chi connectivity index (χ1n) is 8.47. The topological polar surface area (TPSA) is 38.7 Å². The summed E-state index contributed by atoms with van der Waals surface area (Å²) in [5.74, 6) is 0. The molecular formula is C22H23N3. The highest BCUT2D eigenvalue weighted by atomic mass is 14.8. The smallest absolute Gasteiger partial charge is 0.0890 e. The monoisotopic (exact) mass is 329 g/mol. The quantitative estimate of drug-likeness (QED) is 0.433. The van der Waals surface area contributed by atoms with Gasteiger partial charge in [0.25, 0.3) is 0 Å². The summed E-state index contributed by atoms with van der Waals surface area (Å²) in [6.07, 6.45) is 1.79. The molecule has 0 N–H and O–H groups in total. The van der Waals surface area contributed by atoms with E-state index in [1.807, 2.05) is 26.0 Å². The third-order valence-electron chi connectivity index (χ3n) is 4.12. The van der Waals surface area contributed by atoms with E-state index in [0.29, 0.717) is 0 Å². The molecule has 0 fully saturated rings. The van der Waals surface area contributed by atoms with Crippen LogP contribution in [0.4, 0.5) is 0 Å². The molecule has 2 aromatic heterocycles. The highest BCUT2D eigenvalue weighted by Gasteiger charge is 1.99. The zero-order valence-corrected chi connectivity index (χ0v) is 15.5. The van der Waals surface area contributed by atoms with Gasteiger partial charge in [0, 0.05) is 17.3 Å². The molecule has 0 saturated carbocycles. The second-order valence-corrected chi connectivity index (χ2v) is 6.60. The number of rotatable bonds is 0. The van der Waals surface area contributed by atoms with Gasteiger partial charge in [-0.2, -0.15) is 0 Å². The van der Waals surface area contributed by atoms with Crippen LogP contribution in [0, 0.1) is 34.6 Å². The molecule has 0 saturated heterocycles. The third-order valence-corrected chi connectivity index (χ3v) is 4.12. The second-order valence-electron chi connectivity index (χ2n) is 6.60. The molecule has 126 valence electrons. The lowest BCUT2D eigenvalue weighted by Crippen LogP contribution is -1.87. The van der Waals surface area contributed by atoms with E-state index in [-0.39, 0.29) is 0 Å². The van der Waals surface area contributed by atoms with Crippen LogP contribution in [0.3, 0.4) is 0 Å². The molecule has 2 aromatic carbocycles. The second kappa shape index (κ2) is 6.98. The molecule has 25 heavy (non-hydrogen) atoms. The number of fused-ring (bicyclic) bond motifs is 2. The van der Waals surface area contributed by atoms with Crippen molar-refractivity contribution in [3.05, 3.63) is 76.7 Å². The first-order valence-corrected chi connectivity index (χ1v) is 8.47. The van der Waals surface area contributed by atoms with Gasteiger partial charge in [-0.1, -0.05) is 17.7 Å². The van der Waals surface area contributed by atoms with Crippen LogP contribution in [0.5, 0.6) is 0 Å². The number of nitrogens with zero attached hydrogens (tertiary/aromatic N) is 3. The van der Waals surface area contributed by atoms with Crippen molar-refractivity contribution in [2.24, 2.45) is 0 Å². The fourth-order valence-corrected chi connectivity index (χ4v) is 2.89. The molecule has 4 rings (SSSR count). The molecule has 3 heteroatoms. The van der Waals surface area contributed by atoms with Gasteiger partial charge >= 0.3 is 0 Å². The van der Waals surface area contributed by atoms with Crippen LogP contribution in [-0.4, -0.2) is 15.0 Å². The number of benzene rings is 2. The van der Waals surface area contributed by atoms with Crippen molar-refractivity contribution in [2.75, 3.05) is 0 Å². The zero-order chi connectivity index (χ0) is 18.0. The van der Waals surface area contributed by atoms with Gasteiger partial charge in [0.1, 0.15) is 0 Å². The molecule has 0 spiro atoms. The van der Waals surface area contributed by atoms with E-state index < -0.39 is 0 Å². The first kappa shape index (κ1) is 17.0. The predicted octanol–water partition coefficient (Wildman–Crippen LogP) is 5.41. The van der Waals surface area contributed by atoms with Gasteiger partial charge in [-0.05, 0) is 76.1 Å². The van der Waals surface area contributed by atoms with Crippen LogP contribution in [-0.2, 0) is 0 Å². The molecule has 0 aliphatic rings. The Labute approximate surface area is 148 Å². The minimum atomic E-state index is 0.964. The standard InChI is InChI=1S/C12H13N.C10H10N2/c1-8-4-5-12-11(6-8)9(2)7-10(3)13-12;1-7-3-4-9-10(5-7)11-6-8(2)12-9/h4-7H,1-3H3;3-6H,1-2H3. The summed E-state index contributed by atoms with van der Waals surface area (Å²) < 4.78 is 0. The minimum Gasteiger partial charge on any atom is -0.253 e. The van der Waals surface area contributed by atoms with Gasteiger partial charge in [0.2, 0.25) is 0 Å². The lowest BCUT2D eigenvalue weighted by atomic mass is 10.1. The van der Waals surface area contributed by atoms with Crippen LogP contribution in [0.2, 0.25) is 0 Å². The van der Waals surface area contributed by atoms with Crippen molar-refractivity contribution in [1.82, 2.24) is 15.0 Å². The zero-order valence-electron chi connectivity index (χ0n) is 15.5. The Kier molecular flexibility index (Phi) is 4.75. The van der Waals surface area contributed by atoms with Gasteiger partial charge in [0.05, 0.1) is 22.2 Å². The number of pyridine rings is 1. The summed E-state index contributed by atoms with van der Waals surface area (Å²) in [4.78, 5) is 13.1. The molecular weight excluding hydrogens is 306 g/mol. The molecule has 2 heterocycles. The Morgan fingerprint density at radius 3 is 2.00 bits per heavy atom. The fraction of sp³-hybridized carbons (Fsp3) is 0.227. The Morgan fingerprint density at radius 1 is 0.600 bits per heavy atom. The highest BCUT2D eigenvalue weighted by Crippen LogP contribution is 2.18. The maximum atomic E-state index is 4.48. The van der Waals surface area contributed by atoms with Crippen molar-refractivity contribution in [1.29, 1.82) is 0 Å². The SMILES string of the molecule is Cc1ccc2nc(C)cc(C)c2c1.Cc1ccc2nc(C)cnc2c1. The highest BCUT2D eigenvalue weighted by molar-refractivity contribution is 5.82. The number of aromatic nitrogens is 3. The number of hydrogen-bond acceptors (Lipinski definition) is 3. The van der Waals surface area contributed by atoms with E-state index >= 15 is 0 Å². The van der Waals surface area contributed by atoms with E-state index in [0.717, 1.165) is 27.9 Å². The molecule has 0 aliphatic heterocycles. The van der Waals surface area contributed by atoms with Gasteiger partial charge < -0.3 is 0 Å². The van der Waals surface area contributed by atoms with E-state index in [1.165, 1.54) is 22.1 Å². The van der Waals surface area contributed by atoms with Crippen LogP contribution < -0.4 is 0 Å². The number of hydrogen-bond donors (Lipinski definition) is 0. The maximum absolute atomic E-state index is 4.48. The van der Waals surface area contributed by atoms with Crippen LogP contribution in [0.25, 0.3) is 21.9 Å². The molecule has 0 bridgehead atoms. The summed E-state index contributed by atoms with van der Waals surface area (Å²) in [6, 6.07) is 14.6. The minimum absolute atomic E-state index is 0.964. The average molecular weight is 329 g/mol. The summed E-state index contributed by atoms with van der Waals surface area (Å²) in [7, 11) is 0. The van der Waals surface area contributed by atoms with Gasteiger partial charge in [0.15, 0.2) is 0 Å². The van der Waals surface area contributed by atoms with Crippen molar-refractivity contribution in [3.8, 4) is 0 Å². The predicted molar refractivity (Wildman–Crippen MR) is 105 cm³/mol. The molecule has 0 radical (unpaired) electrons. The summed E-state index contributed by atoms with van der Waals surface area (Å²) in [5.41, 5.74) is 8.93. The summed E-state index contributed by atoms with van der Waals surface area (Å²) >= 11 is 0. The Morgan fingerprint density at radius 2 is 1.24 bits per heavy atom. The Bertz CT molecular complexity index is 1010. The average Bonchev–Trinajstić information content (AvgIpc) is 2.56. The van der Waals surface area contributed by atoms with Gasteiger partial charge in [-0.15, -0.1) is 0 Å². The van der Waals surface area contributed by atoms with Crippen molar-refractivity contribution >= 4 is 21.9 Å². The van der Waals surface area contributed by atoms with Crippen LogP contribution >= 0.6 is 0 Å². The normalized spacial score (nSPS) is 10.6. The Hall–Kier alpha value is -2.81. The lowest BCUT2D eigenvalue weighted by molar-refractivity contribution is 1.18. The van der Waals surface area contributed by atoms with E-state index in [2.05, 4.69) is 66.1 Å². The van der Waals surface area contributed by atoms with E-state index in [1.54, 1.807) is 6.20 Å². The van der Waals surface area contributed by atoms with Crippen LogP contribution in [0.1, 0.15) is 28.1 Å². The molecule has 0 unspecified atom stereocenters. The molecule has 0 atom stereocenters.